The molecule has 0 nitrogen and oxygen atoms in total. The fourth-order valence-corrected chi connectivity index (χ4v) is 0.796. The maximum atomic E-state index is 11.4. The predicted molar refractivity (Wildman–Crippen MR) is 33.3 cm³/mol. The minimum Gasteiger partial charge on any atom is -0.198 e. The van der Waals surface area contributed by atoms with Crippen LogP contribution in [0.3, 0.4) is 0 Å². The molecule has 0 saturated heterocycles. The Morgan fingerprint density at radius 2 is 1.88 bits per heavy atom. The van der Waals surface area contributed by atoms with E-state index in [1.807, 2.05) is 13.8 Å². The molecule has 0 radical (unpaired) electrons. The summed E-state index contributed by atoms with van der Waals surface area (Å²) in [6.45, 7) is 3.85. The Morgan fingerprint density at radius 1 is 1.38 bits per heavy atom. The summed E-state index contributed by atoms with van der Waals surface area (Å²) >= 11 is 0.706. The van der Waals surface area contributed by atoms with E-state index in [1.165, 1.54) is 0 Å². The lowest BCUT2D eigenvalue weighted by molar-refractivity contribution is 0.251. The first-order chi connectivity index (χ1) is 3.63. The zero-order chi connectivity index (χ0) is 6.57. The van der Waals surface area contributed by atoms with Gasteiger partial charge in [-0.15, -0.1) is 0 Å². The van der Waals surface area contributed by atoms with Gasteiger partial charge in [0.15, 0.2) is 0 Å². The molecule has 8 heavy (non-hydrogen) atoms. The molecule has 0 spiro atoms. The molecule has 0 aromatic heterocycles. The molecule has 0 amide bonds. The highest BCUT2D eigenvalue weighted by atomic mass is 32.2. The fourth-order valence-electron chi connectivity index (χ4n) is 0.265. The predicted octanol–water partition coefficient (Wildman–Crippen LogP) is 2.60. The highest BCUT2D eigenvalue weighted by Crippen LogP contribution is 2.16. The quantitative estimate of drug-likeness (QED) is 0.580. The normalized spacial score (nSPS) is 11.2. The van der Waals surface area contributed by atoms with Gasteiger partial charge in [-0.2, -0.15) is 8.78 Å². The molecule has 0 heterocycles. The molecule has 0 bridgehead atoms. The summed E-state index contributed by atoms with van der Waals surface area (Å²) in [7, 11) is 0. The van der Waals surface area contributed by atoms with Gasteiger partial charge in [0, 0.05) is 5.75 Å². The second kappa shape index (κ2) is 4.13. The van der Waals surface area contributed by atoms with Crippen molar-refractivity contribution in [2.75, 3.05) is 5.75 Å². The van der Waals surface area contributed by atoms with Crippen LogP contribution in [0.2, 0.25) is 0 Å². The Bertz CT molecular complexity index is 46.4. The molecule has 0 unspecified atom stereocenters. The summed E-state index contributed by atoms with van der Waals surface area (Å²) < 4.78 is 22.7. The van der Waals surface area contributed by atoms with E-state index in [9.17, 15) is 8.78 Å². The molecule has 0 atom stereocenters. The molecule has 0 aromatic rings. The van der Waals surface area contributed by atoms with E-state index in [4.69, 9.17) is 0 Å². The van der Waals surface area contributed by atoms with Gasteiger partial charge in [0.05, 0.1) is 0 Å². The van der Waals surface area contributed by atoms with E-state index in [-0.39, 0.29) is 0 Å². The highest BCUT2D eigenvalue weighted by molar-refractivity contribution is 7.99. The second-order valence-corrected chi connectivity index (χ2v) is 3.01. The van der Waals surface area contributed by atoms with Crippen LogP contribution >= 0.6 is 11.8 Å². The molecule has 3 heteroatoms. The van der Waals surface area contributed by atoms with Crippen molar-refractivity contribution >= 4 is 11.8 Å². The average Bonchev–Trinajstić information content (AvgIpc) is 1.61. The van der Waals surface area contributed by atoms with Crippen molar-refractivity contribution in [2.45, 2.75) is 19.6 Å². The number of alkyl halides is 2. The first kappa shape index (κ1) is 8.21. The van der Waals surface area contributed by atoms with Crippen LogP contribution in [0.5, 0.6) is 0 Å². The third kappa shape index (κ3) is 6.21. The topological polar surface area (TPSA) is 0 Å². The van der Waals surface area contributed by atoms with Crippen LogP contribution in [0, 0.1) is 5.92 Å². The van der Waals surface area contributed by atoms with Crippen LogP contribution in [0.4, 0.5) is 8.78 Å². The first-order valence-corrected chi connectivity index (χ1v) is 3.57. The van der Waals surface area contributed by atoms with Crippen LogP contribution in [0.25, 0.3) is 0 Å². The summed E-state index contributed by atoms with van der Waals surface area (Å²) in [5.74, 6) is -1.27. The van der Waals surface area contributed by atoms with Crippen molar-refractivity contribution in [3.05, 3.63) is 0 Å². The third-order valence-corrected chi connectivity index (χ3v) is 1.67. The zero-order valence-corrected chi connectivity index (χ0v) is 5.84. The lowest BCUT2D eigenvalue weighted by atomic mass is 10.3. The van der Waals surface area contributed by atoms with Crippen molar-refractivity contribution in [2.24, 2.45) is 5.92 Å². The summed E-state index contributed by atoms with van der Waals surface area (Å²) in [6, 6.07) is 0. The van der Waals surface area contributed by atoms with E-state index in [0.717, 1.165) is 0 Å². The molecule has 0 aromatic carbocycles. The first-order valence-electron chi connectivity index (χ1n) is 2.52. The highest BCUT2D eigenvalue weighted by Gasteiger charge is 2.02. The van der Waals surface area contributed by atoms with Gasteiger partial charge in [-0.1, -0.05) is 25.6 Å². The van der Waals surface area contributed by atoms with Crippen LogP contribution < -0.4 is 0 Å². The van der Waals surface area contributed by atoms with Gasteiger partial charge < -0.3 is 0 Å². The molecular formula is C5H10F2S. The Balaban J connectivity index is 2.93. The van der Waals surface area contributed by atoms with Crippen molar-refractivity contribution < 1.29 is 8.78 Å². The minimum atomic E-state index is -2.20. The summed E-state index contributed by atoms with van der Waals surface area (Å²) in [5, 5.41) is 0. The lowest BCUT2D eigenvalue weighted by Gasteiger charge is -2.00. The van der Waals surface area contributed by atoms with Gasteiger partial charge in [0.25, 0.3) is 5.76 Å². The van der Waals surface area contributed by atoms with Gasteiger partial charge >= 0.3 is 0 Å². The second-order valence-electron chi connectivity index (χ2n) is 1.99. The maximum Gasteiger partial charge on any atom is 0.284 e. The fraction of sp³-hybridized carbons (Fsp3) is 1.00. The summed E-state index contributed by atoms with van der Waals surface area (Å²) in [5.41, 5.74) is 0. The van der Waals surface area contributed by atoms with Crippen molar-refractivity contribution in [3.8, 4) is 0 Å². The van der Waals surface area contributed by atoms with E-state index in [2.05, 4.69) is 0 Å². The molecule has 0 N–H and O–H groups in total. The molecule has 50 valence electrons. The number of hydrogen-bond acceptors (Lipinski definition) is 1. The Morgan fingerprint density at radius 3 is 2.00 bits per heavy atom. The zero-order valence-electron chi connectivity index (χ0n) is 5.03. The van der Waals surface area contributed by atoms with Crippen molar-refractivity contribution in [1.29, 1.82) is 0 Å². The molecule has 0 aliphatic carbocycles. The molecule has 0 saturated carbocycles. The summed E-state index contributed by atoms with van der Waals surface area (Å²) in [6.07, 6.45) is 0. The van der Waals surface area contributed by atoms with Crippen LogP contribution in [0.15, 0.2) is 0 Å². The van der Waals surface area contributed by atoms with Gasteiger partial charge in [0.2, 0.25) is 0 Å². The van der Waals surface area contributed by atoms with Crippen LogP contribution in [-0.2, 0) is 0 Å². The SMILES string of the molecule is CC(C)CSC(F)F. The van der Waals surface area contributed by atoms with Gasteiger partial charge in [-0.3, -0.25) is 0 Å². The van der Waals surface area contributed by atoms with Gasteiger partial charge in [-0.05, 0) is 5.92 Å². The standard InChI is InChI=1S/C5H10F2S/c1-4(2)3-8-5(6)7/h4-5H,3H2,1-2H3. The number of rotatable bonds is 3. The molecule has 0 aliphatic rings. The molecular weight excluding hydrogens is 130 g/mol. The molecule has 0 rings (SSSR count). The smallest absolute Gasteiger partial charge is 0.198 e. The number of halogens is 2. The molecule has 0 aliphatic heterocycles. The third-order valence-electron chi connectivity index (χ3n) is 0.556. The van der Waals surface area contributed by atoms with E-state index < -0.39 is 5.76 Å². The Labute approximate surface area is 52.7 Å². The Kier molecular flexibility index (Phi) is 4.23. The van der Waals surface area contributed by atoms with Crippen LogP contribution in [0.1, 0.15) is 13.8 Å². The van der Waals surface area contributed by atoms with Crippen LogP contribution in [-0.4, -0.2) is 11.5 Å². The van der Waals surface area contributed by atoms with Crippen molar-refractivity contribution in [3.63, 3.8) is 0 Å². The van der Waals surface area contributed by atoms with E-state index in [1.54, 1.807) is 0 Å². The lowest BCUT2D eigenvalue weighted by Crippen LogP contribution is -1.93. The monoisotopic (exact) mass is 140 g/mol. The van der Waals surface area contributed by atoms with E-state index >= 15 is 0 Å². The van der Waals surface area contributed by atoms with Gasteiger partial charge in [-0.25, -0.2) is 0 Å². The summed E-state index contributed by atoms with van der Waals surface area (Å²) in [4.78, 5) is 0. The Hall–Kier alpha value is 0.210. The largest absolute Gasteiger partial charge is 0.284 e. The van der Waals surface area contributed by atoms with Crippen molar-refractivity contribution in [1.82, 2.24) is 0 Å². The van der Waals surface area contributed by atoms with E-state index in [0.29, 0.717) is 23.4 Å². The number of hydrogen-bond donors (Lipinski definition) is 0. The average molecular weight is 140 g/mol. The van der Waals surface area contributed by atoms with Gasteiger partial charge in [0.1, 0.15) is 0 Å². The minimum absolute atomic E-state index is 0.369. The maximum absolute atomic E-state index is 11.4. The molecule has 0 fully saturated rings. The number of thioether (sulfide) groups is 1.